The van der Waals surface area contributed by atoms with E-state index in [1.807, 2.05) is 41.4 Å². The first-order valence-electron chi connectivity index (χ1n) is 7.70. The molecule has 22 heavy (non-hydrogen) atoms. The van der Waals surface area contributed by atoms with Crippen LogP contribution in [0.2, 0.25) is 0 Å². The number of carbonyl (C=O) groups excluding carboxylic acids is 1. The van der Waals surface area contributed by atoms with Crippen molar-refractivity contribution in [2.75, 3.05) is 31.1 Å². The first kappa shape index (κ1) is 15.0. The summed E-state index contributed by atoms with van der Waals surface area (Å²) >= 11 is 1.76. The second-order valence-electron chi connectivity index (χ2n) is 5.85. The summed E-state index contributed by atoms with van der Waals surface area (Å²) < 4.78 is 0. The molecule has 1 aromatic carbocycles. The van der Waals surface area contributed by atoms with Gasteiger partial charge in [-0.1, -0.05) is 32.0 Å². The van der Waals surface area contributed by atoms with E-state index in [1.165, 1.54) is 4.88 Å². The first-order valence-corrected chi connectivity index (χ1v) is 8.52. The molecule has 0 saturated carbocycles. The average molecular weight is 315 g/mol. The lowest BCUT2D eigenvalue weighted by Gasteiger charge is -2.34. The van der Waals surface area contributed by atoms with Gasteiger partial charge in [0.2, 0.25) is 0 Å². The zero-order valence-electron chi connectivity index (χ0n) is 13.0. The number of anilines is 1. The van der Waals surface area contributed by atoms with Gasteiger partial charge in [-0.25, -0.2) is 4.98 Å². The molecule has 4 nitrogen and oxygen atoms in total. The summed E-state index contributed by atoms with van der Waals surface area (Å²) in [6, 6.07) is 9.51. The molecule has 0 N–H and O–H groups in total. The quantitative estimate of drug-likeness (QED) is 0.872. The number of hydrogen-bond acceptors (Lipinski definition) is 4. The standard InChI is InChI=1S/C17H21N3OS/c1-13(2)15-12-18-17(22-15)20-10-8-19(9-11-20)16(21)14-6-4-3-5-7-14/h3-7,12-13H,8-11H2,1-2H3. The van der Waals surface area contributed by atoms with E-state index in [2.05, 4.69) is 23.7 Å². The number of nitrogens with zero attached hydrogens (tertiary/aromatic N) is 3. The molecule has 0 atom stereocenters. The van der Waals surface area contributed by atoms with Gasteiger partial charge in [-0.2, -0.15) is 0 Å². The van der Waals surface area contributed by atoms with Crippen LogP contribution in [0.1, 0.15) is 35.0 Å². The minimum absolute atomic E-state index is 0.127. The lowest BCUT2D eigenvalue weighted by atomic mass is 10.2. The van der Waals surface area contributed by atoms with Gasteiger partial charge in [0, 0.05) is 42.8 Å². The number of piperazine rings is 1. The molecule has 1 amide bonds. The van der Waals surface area contributed by atoms with E-state index in [0.29, 0.717) is 5.92 Å². The smallest absolute Gasteiger partial charge is 0.253 e. The number of benzene rings is 1. The molecule has 1 aliphatic rings. The van der Waals surface area contributed by atoms with Crippen LogP contribution in [0.3, 0.4) is 0 Å². The van der Waals surface area contributed by atoms with Crippen LogP contribution in [0.25, 0.3) is 0 Å². The van der Waals surface area contributed by atoms with Crippen LogP contribution in [0, 0.1) is 0 Å². The highest BCUT2D eigenvalue weighted by Gasteiger charge is 2.23. The molecule has 2 heterocycles. The maximum absolute atomic E-state index is 12.4. The maximum atomic E-state index is 12.4. The van der Waals surface area contributed by atoms with Gasteiger partial charge in [-0.15, -0.1) is 11.3 Å². The predicted molar refractivity (Wildman–Crippen MR) is 90.8 cm³/mol. The summed E-state index contributed by atoms with van der Waals surface area (Å²) in [7, 11) is 0. The van der Waals surface area contributed by atoms with Gasteiger partial charge in [0.15, 0.2) is 5.13 Å². The van der Waals surface area contributed by atoms with Gasteiger partial charge in [-0.05, 0) is 18.1 Å². The molecule has 0 aliphatic carbocycles. The summed E-state index contributed by atoms with van der Waals surface area (Å²) in [5.41, 5.74) is 0.771. The highest BCUT2D eigenvalue weighted by atomic mass is 32.1. The van der Waals surface area contributed by atoms with Crippen molar-refractivity contribution < 1.29 is 4.79 Å². The molecule has 0 spiro atoms. The molecule has 0 bridgehead atoms. The van der Waals surface area contributed by atoms with E-state index in [1.54, 1.807) is 11.3 Å². The minimum Gasteiger partial charge on any atom is -0.345 e. The summed E-state index contributed by atoms with van der Waals surface area (Å²) in [5.74, 6) is 0.648. The van der Waals surface area contributed by atoms with Crippen molar-refractivity contribution in [2.45, 2.75) is 19.8 Å². The van der Waals surface area contributed by atoms with E-state index in [0.717, 1.165) is 36.9 Å². The average Bonchev–Trinajstić information content (AvgIpc) is 3.05. The van der Waals surface area contributed by atoms with Gasteiger partial charge in [0.05, 0.1) is 0 Å². The molecular formula is C17H21N3OS. The van der Waals surface area contributed by atoms with Crippen molar-refractivity contribution in [3.63, 3.8) is 0 Å². The highest BCUT2D eigenvalue weighted by Crippen LogP contribution is 2.28. The number of amides is 1. The van der Waals surface area contributed by atoms with E-state index >= 15 is 0 Å². The first-order chi connectivity index (χ1) is 10.6. The fraction of sp³-hybridized carbons (Fsp3) is 0.412. The Balaban J connectivity index is 1.61. The monoisotopic (exact) mass is 315 g/mol. The van der Waals surface area contributed by atoms with Gasteiger partial charge >= 0.3 is 0 Å². The number of thiazole rings is 1. The van der Waals surface area contributed by atoms with Crippen molar-refractivity contribution in [1.29, 1.82) is 0 Å². The Kier molecular flexibility index (Phi) is 4.43. The molecule has 3 rings (SSSR count). The Morgan fingerprint density at radius 3 is 2.41 bits per heavy atom. The third-order valence-corrected chi connectivity index (χ3v) is 5.30. The van der Waals surface area contributed by atoms with Crippen LogP contribution in [0.5, 0.6) is 0 Å². The SMILES string of the molecule is CC(C)c1cnc(N2CCN(C(=O)c3ccccc3)CC2)s1. The third-order valence-electron chi connectivity index (χ3n) is 3.94. The fourth-order valence-corrected chi connectivity index (χ4v) is 3.52. The number of aromatic nitrogens is 1. The van der Waals surface area contributed by atoms with Crippen LogP contribution >= 0.6 is 11.3 Å². The number of hydrogen-bond donors (Lipinski definition) is 0. The summed E-state index contributed by atoms with van der Waals surface area (Å²) in [5, 5.41) is 1.08. The van der Waals surface area contributed by atoms with Crippen molar-refractivity contribution in [3.05, 3.63) is 47.0 Å². The molecule has 1 saturated heterocycles. The van der Waals surface area contributed by atoms with Crippen LogP contribution in [-0.2, 0) is 0 Å². The molecule has 5 heteroatoms. The van der Waals surface area contributed by atoms with Crippen molar-refractivity contribution >= 4 is 22.4 Å². The highest BCUT2D eigenvalue weighted by molar-refractivity contribution is 7.15. The lowest BCUT2D eigenvalue weighted by Crippen LogP contribution is -2.48. The zero-order valence-corrected chi connectivity index (χ0v) is 13.8. The van der Waals surface area contributed by atoms with E-state index in [-0.39, 0.29) is 5.91 Å². The Labute approximate surface area is 135 Å². The van der Waals surface area contributed by atoms with Gasteiger partial charge < -0.3 is 9.80 Å². The molecule has 116 valence electrons. The molecule has 1 aliphatic heterocycles. The summed E-state index contributed by atoms with van der Waals surface area (Å²) in [6.45, 7) is 7.59. The topological polar surface area (TPSA) is 36.4 Å². The molecule has 2 aromatic rings. The van der Waals surface area contributed by atoms with Crippen LogP contribution in [-0.4, -0.2) is 42.0 Å². The molecule has 0 unspecified atom stereocenters. The summed E-state index contributed by atoms with van der Waals surface area (Å²) in [6.07, 6.45) is 1.98. The maximum Gasteiger partial charge on any atom is 0.253 e. The second-order valence-corrected chi connectivity index (χ2v) is 6.89. The third kappa shape index (κ3) is 3.14. The van der Waals surface area contributed by atoms with E-state index in [4.69, 9.17) is 0 Å². The normalized spacial score (nSPS) is 15.4. The van der Waals surface area contributed by atoms with E-state index in [9.17, 15) is 4.79 Å². The molecule has 0 radical (unpaired) electrons. The van der Waals surface area contributed by atoms with Crippen molar-refractivity contribution in [1.82, 2.24) is 9.88 Å². The Bertz CT molecular complexity index is 630. The predicted octanol–water partition coefficient (Wildman–Crippen LogP) is 3.23. The van der Waals surface area contributed by atoms with Crippen molar-refractivity contribution in [2.24, 2.45) is 0 Å². The van der Waals surface area contributed by atoms with Crippen LogP contribution < -0.4 is 4.90 Å². The second kappa shape index (κ2) is 6.48. The largest absolute Gasteiger partial charge is 0.345 e. The minimum atomic E-state index is 0.127. The van der Waals surface area contributed by atoms with Crippen LogP contribution in [0.15, 0.2) is 36.5 Å². The number of rotatable bonds is 3. The summed E-state index contributed by atoms with van der Waals surface area (Å²) in [4.78, 5) is 22.5. The van der Waals surface area contributed by atoms with Gasteiger partial charge in [0.25, 0.3) is 5.91 Å². The van der Waals surface area contributed by atoms with E-state index < -0.39 is 0 Å². The Morgan fingerprint density at radius 2 is 1.82 bits per heavy atom. The number of carbonyl (C=O) groups is 1. The van der Waals surface area contributed by atoms with Gasteiger partial charge in [-0.3, -0.25) is 4.79 Å². The zero-order chi connectivity index (χ0) is 15.5. The molecular weight excluding hydrogens is 294 g/mol. The Hall–Kier alpha value is -1.88. The molecule has 1 fully saturated rings. The van der Waals surface area contributed by atoms with Crippen molar-refractivity contribution in [3.8, 4) is 0 Å². The van der Waals surface area contributed by atoms with Gasteiger partial charge in [0.1, 0.15) is 0 Å². The Morgan fingerprint density at radius 1 is 1.14 bits per heavy atom. The van der Waals surface area contributed by atoms with Crippen LogP contribution in [0.4, 0.5) is 5.13 Å². The lowest BCUT2D eigenvalue weighted by molar-refractivity contribution is 0.0747. The molecule has 1 aromatic heterocycles. The fourth-order valence-electron chi connectivity index (χ4n) is 2.55.